The summed E-state index contributed by atoms with van der Waals surface area (Å²) in [7, 11) is 0. The summed E-state index contributed by atoms with van der Waals surface area (Å²) in [6.45, 7) is 1.39. The lowest BCUT2D eigenvalue weighted by atomic mass is 9.95. The van der Waals surface area contributed by atoms with E-state index in [4.69, 9.17) is 11.2 Å². The maximum atomic E-state index is 16.8. The number of phenols is 1. The van der Waals surface area contributed by atoms with Gasteiger partial charge in [-0.2, -0.15) is 9.97 Å². The van der Waals surface area contributed by atoms with Gasteiger partial charge in [-0.3, -0.25) is 9.88 Å². The predicted molar refractivity (Wildman–Crippen MR) is 165 cm³/mol. The topological polar surface area (TPSA) is 86.6 Å². The second kappa shape index (κ2) is 10.9. The normalized spacial score (nSPS) is 27.2. The van der Waals surface area contributed by atoms with Crippen molar-refractivity contribution < 1.29 is 31.8 Å². The zero-order chi connectivity index (χ0) is 32.7. The fourth-order valence-electron chi connectivity index (χ4n) is 8.23. The number of rotatable bonds is 6. The van der Waals surface area contributed by atoms with Gasteiger partial charge in [-0.15, -0.1) is 6.42 Å². The van der Waals surface area contributed by atoms with Gasteiger partial charge < -0.3 is 20.1 Å². The number of phenolic OH excluding ortho intramolecular Hbond substituents is 1. The highest BCUT2D eigenvalue weighted by Crippen LogP contribution is 2.43. The van der Waals surface area contributed by atoms with Crippen LogP contribution in [0.1, 0.15) is 37.7 Å². The molecule has 47 heavy (non-hydrogen) atoms. The Morgan fingerprint density at radius 2 is 2.02 bits per heavy atom. The quantitative estimate of drug-likeness (QED) is 0.214. The molecule has 2 unspecified atom stereocenters. The maximum absolute atomic E-state index is 16.8. The van der Waals surface area contributed by atoms with Crippen LogP contribution in [0, 0.1) is 24.0 Å². The second-order valence-electron chi connectivity index (χ2n) is 13.3. The van der Waals surface area contributed by atoms with Crippen molar-refractivity contribution in [3.63, 3.8) is 0 Å². The van der Waals surface area contributed by atoms with Crippen LogP contribution in [0.2, 0.25) is 0 Å². The molecule has 4 fully saturated rings. The average molecular weight is 651 g/mol. The van der Waals surface area contributed by atoms with E-state index in [1.807, 2.05) is 0 Å². The minimum absolute atomic E-state index is 0.0479. The van der Waals surface area contributed by atoms with Crippen LogP contribution < -0.4 is 15.0 Å². The molecule has 4 atom stereocenters. The number of nitrogens with zero attached hydrogens (tertiary/aromatic N) is 5. The van der Waals surface area contributed by atoms with E-state index in [9.17, 15) is 22.7 Å². The Kier molecular flexibility index (Phi) is 6.97. The number of anilines is 1. The number of fused-ring (bicyclic) bond motifs is 5. The Bertz CT molecular complexity index is 1970. The first-order valence-electron chi connectivity index (χ1n) is 15.7. The third kappa shape index (κ3) is 4.75. The highest BCUT2D eigenvalue weighted by molar-refractivity contribution is 6.03. The van der Waals surface area contributed by atoms with E-state index in [1.165, 1.54) is 30.5 Å². The average Bonchev–Trinajstić information content (AvgIpc) is 3.69. The molecule has 2 bridgehead atoms. The summed E-state index contributed by atoms with van der Waals surface area (Å²) >= 11 is 0. The minimum atomic E-state index is -2.64. The molecule has 2 aromatic carbocycles. The van der Waals surface area contributed by atoms with Crippen molar-refractivity contribution in [2.75, 3.05) is 37.7 Å². The third-order valence-corrected chi connectivity index (χ3v) is 10.4. The minimum Gasteiger partial charge on any atom is -0.508 e. The van der Waals surface area contributed by atoms with Crippen LogP contribution >= 0.6 is 0 Å². The molecule has 0 radical (unpaired) electrons. The van der Waals surface area contributed by atoms with Gasteiger partial charge in [-0.25, -0.2) is 22.0 Å². The van der Waals surface area contributed by atoms with Crippen LogP contribution in [0.5, 0.6) is 11.8 Å². The Balaban J connectivity index is 1.28. The number of aromatic nitrogens is 3. The molecule has 244 valence electrons. The number of nitrogens with one attached hydrogen (secondary N) is 1. The smallest absolute Gasteiger partial charge is 0.319 e. The van der Waals surface area contributed by atoms with E-state index in [-0.39, 0.29) is 76.3 Å². The number of hydrogen-bond donors (Lipinski definition) is 2. The standard InChI is InChI=1S/C34H31F5N6O2/c1-2-22-25(36)5-4-18-10-21(46)11-23(26(18)22)28-27(37)29-24(13-40-28)30(44-15-20-6-8-34(16-44,43-20)31(38)39)42-32(41-29)47-17-33-7-3-9-45(33)14-19(35)12-33/h1,4-5,10-11,13,19-20,31,43,46H,3,6-9,12,14-17H2/t19-,20?,33+,34?/m1/s1. The van der Waals surface area contributed by atoms with Crippen molar-refractivity contribution >= 4 is 27.5 Å². The number of alkyl halides is 3. The van der Waals surface area contributed by atoms with Crippen molar-refractivity contribution in [3.05, 3.63) is 47.7 Å². The SMILES string of the molecule is C#Cc1c(F)ccc2cc(O)cc(-c3ncc4c(N5CC6CCC(C(F)F)(C5)N6)nc(OC[C@@]56CCCN5C[C@H](F)C6)nc4c3F)c12. The third-order valence-electron chi connectivity index (χ3n) is 10.4. The number of terminal acetylenes is 1. The van der Waals surface area contributed by atoms with Gasteiger partial charge in [0.2, 0.25) is 0 Å². The summed E-state index contributed by atoms with van der Waals surface area (Å²) in [5.41, 5.74) is -2.51. The molecule has 6 heterocycles. The van der Waals surface area contributed by atoms with Gasteiger partial charge in [0.25, 0.3) is 6.43 Å². The first kappa shape index (κ1) is 30.1. The Hall–Kier alpha value is -4.28. The Morgan fingerprint density at radius 1 is 1.17 bits per heavy atom. The highest BCUT2D eigenvalue weighted by atomic mass is 19.3. The first-order chi connectivity index (χ1) is 22.6. The molecule has 4 saturated heterocycles. The van der Waals surface area contributed by atoms with Crippen LogP contribution in [0.4, 0.5) is 27.8 Å². The van der Waals surface area contributed by atoms with Gasteiger partial charge >= 0.3 is 6.01 Å². The molecular formula is C34H31F5N6O2. The molecule has 4 aliphatic heterocycles. The zero-order valence-electron chi connectivity index (χ0n) is 25.2. The molecule has 0 spiro atoms. The summed E-state index contributed by atoms with van der Waals surface area (Å²) in [6, 6.07) is 4.82. The van der Waals surface area contributed by atoms with Crippen molar-refractivity contribution in [3.8, 4) is 35.4 Å². The van der Waals surface area contributed by atoms with Crippen LogP contribution in [0.3, 0.4) is 0 Å². The number of hydrogen-bond acceptors (Lipinski definition) is 8. The van der Waals surface area contributed by atoms with Crippen molar-refractivity contribution in [2.24, 2.45) is 0 Å². The monoisotopic (exact) mass is 650 g/mol. The fourth-order valence-corrected chi connectivity index (χ4v) is 8.23. The van der Waals surface area contributed by atoms with Gasteiger partial charge in [0.1, 0.15) is 41.4 Å². The zero-order valence-corrected chi connectivity index (χ0v) is 25.2. The summed E-state index contributed by atoms with van der Waals surface area (Å²) in [4.78, 5) is 17.2. The fraction of sp³-hybridized carbons (Fsp3) is 0.441. The number of halogens is 5. The molecular weight excluding hydrogens is 619 g/mol. The molecule has 4 aromatic rings. The van der Waals surface area contributed by atoms with Crippen molar-refractivity contribution in [2.45, 2.75) is 61.8 Å². The van der Waals surface area contributed by atoms with E-state index in [1.54, 1.807) is 4.90 Å². The predicted octanol–water partition coefficient (Wildman–Crippen LogP) is 5.34. The molecule has 0 aliphatic carbocycles. The lowest BCUT2D eigenvalue weighted by molar-refractivity contribution is 0.0367. The Morgan fingerprint density at radius 3 is 2.83 bits per heavy atom. The van der Waals surface area contributed by atoms with Crippen LogP contribution in [0.25, 0.3) is 32.9 Å². The van der Waals surface area contributed by atoms with Crippen LogP contribution in [0.15, 0.2) is 30.5 Å². The molecule has 0 amide bonds. The van der Waals surface area contributed by atoms with Crippen molar-refractivity contribution in [1.29, 1.82) is 0 Å². The first-order valence-corrected chi connectivity index (χ1v) is 15.7. The number of piperazine rings is 1. The largest absolute Gasteiger partial charge is 0.508 e. The van der Waals surface area contributed by atoms with E-state index in [0.29, 0.717) is 31.3 Å². The lowest BCUT2D eigenvalue weighted by Gasteiger charge is -2.41. The number of benzene rings is 2. The second-order valence-corrected chi connectivity index (χ2v) is 13.3. The highest BCUT2D eigenvalue weighted by Gasteiger charge is 2.52. The van der Waals surface area contributed by atoms with Crippen molar-refractivity contribution in [1.82, 2.24) is 25.2 Å². The van der Waals surface area contributed by atoms with Gasteiger partial charge in [0, 0.05) is 49.2 Å². The molecule has 2 N–H and O–H groups in total. The molecule has 13 heteroatoms. The molecule has 8 rings (SSSR count). The Labute approximate surface area is 266 Å². The number of ether oxygens (including phenoxy) is 1. The van der Waals surface area contributed by atoms with Gasteiger partial charge in [-0.1, -0.05) is 12.0 Å². The summed E-state index contributed by atoms with van der Waals surface area (Å²) < 4.78 is 81.0. The molecule has 8 nitrogen and oxygen atoms in total. The lowest BCUT2D eigenvalue weighted by Crippen LogP contribution is -2.63. The number of aromatic hydroxyl groups is 1. The van der Waals surface area contributed by atoms with E-state index in [0.717, 1.165) is 19.4 Å². The van der Waals surface area contributed by atoms with E-state index >= 15 is 4.39 Å². The molecule has 4 aliphatic rings. The summed E-state index contributed by atoms with van der Waals surface area (Å²) in [5, 5.41) is 14.3. The maximum Gasteiger partial charge on any atom is 0.319 e. The summed E-state index contributed by atoms with van der Waals surface area (Å²) in [6.07, 6.45) is 6.09. The number of pyridine rings is 1. The van der Waals surface area contributed by atoms with Crippen LogP contribution in [-0.4, -0.2) is 87.5 Å². The van der Waals surface area contributed by atoms with E-state index < -0.39 is 35.3 Å². The molecule has 2 aromatic heterocycles. The molecule has 0 saturated carbocycles. The summed E-state index contributed by atoms with van der Waals surface area (Å²) in [5.74, 6) is 0.681. The van der Waals surface area contributed by atoms with Gasteiger partial charge in [-0.05, 0) is 55.8 Å². The van der Waals surface area contributed by atoms with E-state index in [2.05, 4.69) is 31.1 Å². The van der Waals surface area contributed by atoms with Gasteiger partial charge in [0.05, 0.1) is 22.0 Å². The van der Waals surface area contributed by atoms with Gasteiger partial charge in [0.15, 0.2) is 5.82 Å². The van der Waals surface area contributed by atoms with Crippen LogP contribution in [-0.2, 0) is 0 Å².